The summed E-state index contributed by atoms with van der Waals surface area (Å²) in [7, 11) is 0. The molecule has 4 nitrogen and oxygen atoms in total. The molecule has 1 heterocycles. The molecule has 0 radical (unpaired) electrons. The summed E-state index contributed by atoms with van der Waals surface area (Å²) in [5.74, 6) is 0.202. The molecule has 1 atom stereocenters. The van der Waals surface area contributed by atoms with Crippen LogP contribution in [0.3, 0.4) is 0 Å². The molecule has 1 N–H and O–H groups in total. The first kappa shape index (κ1) is 16.3. The van der Waals surface area contributed by atoms with Gasteiger partial charge in [-0.05, 0) is 38.8 Å². The Hall–Kier alpha value is -1.55. The summed E-state index contributed by atoms with van der Waals surface area (Å²) in [5.41, 5.74) is 2.58. The zero-order chi connectivity index (χ0) is 16.2. The van der Waals surface area contributed by atoms with Gasteiger partial charge in [-0.15, -0.1) is 0 Å². The first-order valence-corrected chi connectivity index (χ1v) is 8.97. The molecular weight excluding hydrogens is 286 g/mol. The SMILES string of the molecule is Cc1ccc(N2CCN(CC(=O)NC3CCCC3)C[C@@H]2C)cc1. The third kappa shape index (κ3) is 4.25. The van der Waals surface area contributed by atoms with E-state index in [9.17, 15) is 4.79 Å². The van der Waals surface area contributed by atoms with Gasteiger partial charge in [0.1, 0.15) is 0 Å². The van der Waals surface area contributed by atoms with Crippen molar-refractivity contribution in [1.82, 2.24) is 10.2 Å². The highest BCUT2D eigenvalue weighted by Crippen LogP contribution is 2.21. The first-order valence-electron chi connectivity index (χ1n) is 8.97. The highest BCUT2D eigenvalue weighted by molar-refractivity contribution is 5.78. The number of amides is 1. The fraction of sp³-hybridized carbons (Fsp3) is 0.632. The second-order valence-electron chi connectivity index (χ2n) is 7.16. The second-order valence-corrected chi connectivity index (χ2v) is 7.16. The van der Waals surface area contributed by atoms with Crippen molar-refractivity contribution >= 4 is 11.6 Å². The molecule has 1 saturated carbocycles. The highest BCUT2D eigenvalue weighted by atomic mass is 16.2. The molecule has 2 fully saturated rings. The van der Waals surface area contributed by atoms with E-state index >= 15 is 0 Å². The number of piperazine rings is 1. The van der Waals surface area contributed by atoms with E-state index < -0.39 is 0 Å². The number of aryl methyl sites for hydroxylation is 1. The molecular formula is C19H29N3O. The average Bonchev–Trinajstić information content (AvgIpc) is 3.01. The van der Waals surface area contributed by atoms with E-state index in [1.165, 1.54) is 24.1 Å². The minimum Gasteiger partial charge on any atom is -0.366 e. The van der Waals surface area contributed by atoms with Gasteiger partial charge in [0.2, 0.25) is 5.91 Å². The number of nitrogens with zero attached hydrogens (tertiary/aromatic N) is 2. The van der Waals surface area contributed by atoms with E-state index in [1.807, 2.05) is 0 Å². The number of carbonyl (C=O) groups is 1. The zero-order valence-corrected chi connectivity index (χ0v) is 14.4. The minimum absolute atomic E-state index is 0.202. The minimum atomic E-state index is 0.202. The third-order valence-electron chi connectivity index (χ3n) is 5.16. The summed E-state index contributed by atoms with van der Waals surface area (Å²) in [6.07, 6.45) is 4.83. The number of hydrogen-bond acceptors (Lipinski definition) is 3. The summed E-state index contributed by atoms with van der Waals surface area (Å²) >= 11 is 0. The number of carbonyl (C=O) groups excluding carboxylic acids is 1. The maximum absolute atomic E-state index is 12.2. The van der Waals surface area contributed by atoms with Crippen LogP contribution in [0.4, 0.5) is 5.69 Å². The van der Waals surface area contributed by atoms with Crippen molar-refractivity contribution in [1.29, 1.82) is 0 Å². The Morgan fingerprint density at radius 1 is 1.17 bits per heavy atom. The number of anilines is 1. The summed E-state index contributed by atoms with van der Waals surface area (Å²) in [5, 5.41) is 3.20. The summed E-state index contributed by atoms with van der Waals surface area (Å²) < 4.78 is 0. The number of nitrogens with one attached hydrogen (secondary N) is 1. The van der Waals surface area contributed by atoms with Gasteiger partial charge in [-0.25, -0.2) is 0 Å². The molecule has 1 amide bonds. The molecule has 1 saturated heterocycles. The Kier molecular flexibility index (Phi) is 5.21. The van der Waals surface area contributed by atoms with Gasteiger partial charge >= 0.3 is 0 Å². The van der Waals surface area contributed by atoms with E-state index in [4.69, 9.17) is 0 Å². The van der Waals surface area contributed by atoms with Crippen molar-refractivity contribution in [3.8, 4) is 0 Å². The fourth-order valence-corrected chi connectivity index (χ4v) is 3.84. The first-order chi connectivity index (χ1) is 11.1. The van der Waals surface area contributed by atoms with Crippen molar-refractivity contribution in [3.63, 3.8) is 0 Å². The Bertz CT molecular complexity index is 522. The molecule has 1 aliphatic heterocycles. The van der Waals surface area contributed by atoms with Gasteiger partial charge in [0.25, 0.3) is 0 Å². The van der Waals surface area contributed by atoms with Crippen molar-refractivity contribution in [3.05, 3.63) is 29.8 Å². The van der Waals surface area contributed by atoms with Crippen LogP contribution < -0.4 is 10.2 Å². The third-order valence-corrected chi connectivity index (χ3v) is 5.16. The van der Waals surface area contributed by atoms with Crippen molar-refractivity contribution in [2.45, 2.75) is 51.6 Å². The van der Waals surface area contributed by atoms with E-state index in [0.29, 0.717) is 18.6 Å². The van der Waals surface area contributed by atoms with Gasteiger partial charge in [-0.2, -0.15) is 0 Å². The zero-order valence-electron chi connectivity index (χ0n) is 14.4. The van der Waals surface area contributed by atoms with Crippen LogP contribution in [0.2, 0.25) is 0 Å². The van der Waals surface area contributed by atoms with Crippen LogP contribution in [0.5, 0.6) is 0 Å². The number of hydrogen-bond donors (Lipinski definition) is 1. The van der Waals surface area contributed by atoms with E-state index in [0.717, 1.165) is 32.5 Å². The number of rotatable bonds is 4. The molecule has 4 heteroatoms. The van der Waals surface area contributed by atoms with Crippen LogP contribution in [0.1, 0.15) is 38.2 Å². The van der Waals surface area contributed by atoms with Crippen LogP contribution in [0.25, 0.3) is 0 Å². The van der Waals surface area contributed by atoms with Gasteiger partial charge in [0.05, 0.1) is 6.54 Å². The second kappa shape index (κ2) is 7.35. The van der Waals surface area contributed by atoms with Crippen molar-refractivity contribution < 1.29 is 4.79 Å². The quantitative estimate of drug-likeness (QED) is 0.927. The molecule has 0 unspecified atom stereocenters. The van der Waals surface area contributed by atoms with Gasteiger partial charge in [0.15, 0.2) is 0 Å². The molecule has 23 heavy (non-hydrogen) atoms. The molecule has 0 aromatic heterocycles. The van der Waals surface area contributed by atoms with E-state index in [1.54, 1.807) is 0 Å². The topological polar surface area (TPSA) is 35.6 Å². The van der Waals surface area contributed by atoms with Gasteiger partial charge in [-0.1, -0.05) is 30.5 Å². The lowest BCUT2D eigenvalue weighted by molar-refractivity contribution is -0.123. The molecule has 1 aromatic carbocycles. The van der Waals surface area contributed by atoms with Crippen LogP contribution in [-0.2, 0) is 4.79 Å². The molecule has 0 bridgehead atoms. The summed E-state index contributed by atoms with van der Waals surface area (Å²) in [6, 6.07) is 9.61. The van der Waals surface area contributed by atoms with Crippen LogP contribution in [-0.4, -0.2) is 49.1 Å². The summed E-state index contributed by atoms with van der Waals surface area (Å²) in [6.45, 7) is 7.81. The average molecular weight is 315 g/mol. The molecule has 1 aromatic rings. The van der Waals surface area contributed by atoms with E-state index in [2.05, 4.69) is 53.2 Å². The fourth-order valence-electron chi connectivity index (χ4n) is 3.84. The lowest BCUT2D eigenvalue weighted by Gasteiger charge is -2.41. The molecule has 1 aliphatic carbocycles. The predicted molar refractivity (Wildman–Crippen MR) is 94.8 cm³/mol. The monoisotopic (exact) mass is 315 g/mol. The van der Waals surface area contributed by atoms with Crippen LogP contribution >= 0.6 is 0 Å². The lowest BCUT2D eigenvalue weighted by Crippen LogP contribution is -2.54. The lowest BCUT2D eigenvalue weighted by atomic mass is 10.1. The summed E-state index contributed by atoms with van der Waals surface area (Å²) in [4.78, 5) is 16.9. The van der Waals surface area contributed by atoms with Crippen LogP contribution in [0, 0.1) is 6.92 Å². The Morgan fingerprint density at radius 3 is 2.52 bits per heavy atom. The van der Waals surface area contributed by atoms with Gasteiger partial charge in [0, 0.05) is 37.4 Å². The van der Waals surface area contributed by atoms with Crippen LogP contribution in [0.15, 0.2) is 24.3 Å². The van der Waals surface area contributed by atoms with Crippen molar-refractivity contribution in [2.24, 2.45) is 0 Å². The smallest absolute Gasteiger partial charge is 0.234 e. The largest absolute Gasteiger partial charge is 0.366 e. The highest BCUT2D eigenvalue weighted by Gasteiger charge is 2.26. The molecule has 2 aliphatic rings. The molecule has 3 rings (SSSR count). The maximum atomic E-state index is 12.2. The van der Waals surface area contributed by atoms with Gasteiger partial charge < -0.3 is 10.2 Å². The molecule has 0 spiro atoms. The molecule has 126 valence electrons. The standard InChI is InChI=1S/C19H29N3O/c1-15-7-9-18(10-8-15)22-12-11-21(13-16(22)2)14-19(23)20-17-5-3-4-6-17/h7-10,16-17H,3-6,11-14H2,1-2H3,(H,20,23)/t16-/m0/s1. The Balaban J connectivity index is 1.49. The maximum Gasteiger partial charge on any atom is 0.234 e. The van der Waals surface area contributed by atoms with Gasteiger partial charge in [-0.3, -0.25) is 9.69 Å². The van der Waals surface area contributed by atoms with Crippen molar-refractivity contribution in [2.75, 3.05) is 31.1 Å². The van der Waals surface area contributed by atoms with E-state index in [-0.39, 0.29) is 5.91 Å². The Morgan fingerprint density at radius 2 is 1.87 bits per heavy atom. The Labute approximate surface area is 139 Å². The normalized spacial score (nSPS) is 23.2. The number of benzene rings is 1. The predicted octanol–water partition coefficient (Wildman–Crippen LogP) is 2.56.